The summed E-state index contributed by atoms with van der Waals surface area (Å²) >= 11 is 6.07. The Morgan fingerprint density at radius 3 is 2.82 bits per heavy atom. The standard InChI is InChI=1S/C16H12ClN3O2/c1-16(2)19-15(13-5-3-4-6-20(13)21)11-7-10(9-18)12(17)8-14(11)22-16/h3-8H,1-2H3. The van der Waals surface area contributed by atoms with Crippen molar-refractivity contribution in [2.45, 2.75) is 19.6 Å². The Morgan fingerprint density at radius 2 is 2.14 bits per heavy atom. The molecule has 0 unspecified atom stereocenters. The van der Waals surface area contributed by atoms with Gasteiger partial charge in [0.25, 0.3) is 0 Å². The summed E-state index contributed by atoms with van der Waals surface area (Å²) in [6.07, 6.45) is 1.40. The van der Waals surface area contributed by atoms with Crippen molar-refractivity contribution in [2.24, 2.45) is 4.99 Å². The number of halogens is 1. The van der Waals surface area contributed by atoms with E-state index in [-0.39, 0.29) is 0 Å². The fourth-order valence-corrected chi connectivity index (χ4v) is 2.53. The second kappa shape index (κ2) is 5.00. The molecule has 1 aromatic heterocycles. The molecule has 6 heteroatoms. The van der Waals surface area contributed by atoms with Crippen molar-refractivity contribution in [1.82, 2.24) is 0 Å². The molecule has 2 heterocycles. The van der Waals surface area contributed by atoms with E-state index in [1.807, 2.05) is 6.07 Å². The minimum absolute atomic E-state index is 0.307. The molecule has 1 aliphatic rings. The van der Waals surface area contributed by atoms with Gasteiger partial charge >= 0.3 is 0 Å². The average molecular weight is 314 g/mol. The van der Waals surface area contributed by atoms with Gasteiger partial charge in [0.05, 0.1) is 16.1 Å². The van der Waals surface area contributed by atoms with Crippen LogP contribution in [0, 0.1) is 16.5 Å². The van der Waals surface area contributed by atoms with Crippen LogP contribution in [-0.2, 0) is 0 Å². The van der Waals surface area contributed by atoms with Crippen molar-refractivity contribution in [2.75, 3.05) is 0 Å². The van der Waals surface area contributed by atoms with Gasteiger partial charge < -0.3 is 9.94 Å². The zero-order valence-corrected chi connectivity index (χ0v) is 12.8. The number of pyridine rings is 1. The molecule has 0 saturated carbocycles. The number of ether oxygens (including phenoxy) is 1. The number of aromatic nitrogens is 1. The highest BCUT2D eigenvalue weighted by atomic mass is 35.5. The third kappa shape index (κ3) is 2.38. The van der Waals surface area contributed by atoms with Crippen LogP contribution in [0.25, 0.3) is 0 Å². The maximum atomic E-state index is 12.1. The molecule has 5 nitrogen and oxygen atoms in total. The fourth-order valence-electron chi connectivity index (χ4n) is 2.34. The van der Waals surface area contributed by atoms with E-state index in [1.54, 1.807) is 44.2 Å². The first kappa shape index (κ1) is 14.4. The monoisotopic (exact) mass is 313 g/mol. The van der Waals surface area contributed by atoms with Gasteiger partial charge in [-0.1, -0.05) is 11.6 Å². The SMILES string of the molecule is CC1(C)N=C(c2cccc[n+]2[O-])c2cc(C#N)c(Cl)cc2O1. The molecule has 22 heavy (non-hydrogen) atoms. The molecule has 1 aromatic carbocycles. The Balaban J connectivity index is 2.29. The molecule has 0 amide bonds. The van der Waals surface area contributed by atoms with Crippen LogP contribution in [-0.4, -0.2) is 11.4 Å². The maximum Gasteiger partial charge on any atom is 0.242 e. The van der Waals surface area contributed by atoms with Gasteiger partial charge in [0.2, 0.25) is 5.69 Å². The lowest BCUT2D eigenvalue weighted by atomic mass is 10.00. The highest BCUT2D eigenvalue weighted by Gasteiger charge is 2.32. The van der Waals surface area contributed by atoms with Gasteiger partial charge in [-0.25, -0.2) is 4.99 Å². The van der Waals surface area contributed by atoms with Crippen LogP contribution in [0.15, 0.2) is 41.5 Å². The van der Waals surface area contributed by atoms with E-state index < -0.39 is 5.72 Å². The highest BCUT2D eigenvalue weighted by molar-refractivity contribution is 6.32. The summed E-state index contributed by atoms with van der Waals surface area (Å²) in [5.74, 6) is 0.503. The van der Waals surface area contributed by atoms with Crippen molar-refractivity contribution in [3.8, 4) is 11.8 Å². The van der Waals surface area contributed by atoms with Crippen LogP contribution in [0.3, 0.4) is 0 Å². The van der Waals surface area contributed by atoms with E-state index >= 15 is 0 Å². The predicted octanol–water partition coefficient (Wildman–Crippen LogP) is 2.81. The Kier molecular flexibility index (Phi) is 3.27. The highest BCUT2D eigenvalue weighted by Crippen LogP contribution is 2.35. The van der Waals surface area contributed by atoms with E-state index in [0.29, 0.717) is 33.3 Å². The zero-order valence-electron chi connectivity index (χ0n) is 12.0. The van der Waals surface area contributed by atoms with Crippen LogP contribution >= 0.6 is 11.6 Å². The molecule has 0 N–H and O–H groups in total. The Labute approximate surface area is 132 Å². The van der Waals surface area contributed by atoms with E-state index in [0.717, 1.165) is 4.73 Å². The van der Waals surface area contributed by atoms with Crippen LogP contribution in [0.1, 0.15) is 30.7 Å². The molecule has 0 saturated heterocycles. The molecule has 110 valence electrons. The molecule has 0 radical (unpaired) electrons. The number of hydrogen-bond acceptors (Lipinski definition) is 4. The molecule has 0 spiro atoms. The van der Waals surface area contributed by atoms with Gasteiger partial charge in [-0.05, 0) is 26.0 Å². The number of fused-ring (bicyclic) bond motifs is 1. The van der Waals surface area contributed by atoms with E-state index in [2.05, 4.69) is 4.99 Å². The summed E-state index contributed by atoms with van der Waals surface area (Å²) in [5.41, 5.74) is 0.935. The van der Waals surface area contributed by atoms with Gasteiger partial charge in [-0.2, -0.15) is 9.99 Å². The number of benzene rings is 1. The molecule has 0 fully saturated rings. The topological polar surface area (TPSA) is 72.3 Å². The summed E-state index contributed by atoms with van der Waals surface area (Å²) in [5, 5.41) is 21.5. The number of aliphatic imine (C=N–C) groups is 1. The van der Waals surface area contributed by atoms with Crippen molar-refractivity contribution in [1.29, 1.82) is 5.26 Å². The minimum Gasteiger partial charge on any atom is -0.618 e. The molecule has 1 aliphatic heterocycles. The maximum absolute atomic E-state index is 12.1. The second-order valence-corrected chi connectivity index (χ2v) is 5.77. The van der Waals surface area contributed by atoms with Crippen molar-refractivity contribution in [3.05, 3.63) is 63.6 Å². The molecule has 0 bridgehead atoms. The molecular formula is C16H12ClN3O2. The van der Waals surface area contributed by atoms with E-state index in [1.165, 1.54) is 6.20 Å². The first-order chi connectivity index (χ1) is 10.4. The predicted molar refractivity (Wildman–Crippen MR) is 81.9 cm³/mol. The lowest BCUT2D eigenvalue weighted by Gasteiger charge is -2.29. The summed E-state index contributed by atoms with van der Waals surface area (Å²) in [6.45, 7) is 3.58. The van der Waals surface area contributed by atoms with Crippen molar-refractivity contribution < 1.29 is 9.47 Å². The van der Waals surface area contributed by atoms with E-state index in [9.17, 15) is 5.21 Å². The number of hydrogen-bond donors (Lipinski definition) is 0. The van der Waals surface area contributed by atoms with Crippen LogP contribution in [0.5, 0.6) is 5.75 Å². The molecule has 3 rings (SSSR count). The lowest BCUT2D eigenvalue weighted by molar-refractivity contribution is -0.606. The Bertz CT molecular complexity index is 838. The molecule has 0 atom stereocenters. The lowest BCUT2D eigenvalue weighted by Crippen LogP contribution is -2.39. The summed E-state index contributed by atoms with van der Waals surface area (Å²) in [4.78, 5) is 4.51. The second-order valence-electron chi connectivity index (χ2n) is 5.36. The normalized spacial score (nSPS) is 15.3. The fraction of sp³-hybridized carbons (Fsp3) is 0.188. The minimum atomic E-state index is -0.831. The first-order valence-corrected chi connectivity index (χ1v) is 7.00. The van der Waals surface area contributed by atoms with Gasteiger partial charge in [0, 0.05) is 18.2 Å². The van der Waals surface area contributed by atoms with Crippen molar-refractivity contribution in [3.63, 3.8) is 0 Å². The number of nitrogens with zero attached hydrogens (tertiary/aromatic N) is 3. The van der Waals surface area contributed by atoms with Gasteiger partial charge in [0.15, 0.2) is 11.9 Å². The summed E-state index contributed by atoms with van der Waals surface area (Å²) < 4.78 is 6.54. The molecule has 0 aliphatic carbocycles. The Hall–Kier alpha value is -2.58. The number of nitriles is 1. The summed E-state index contributed by atoms with van der Waals surface area (Å²) in [6, 6.07) is 10.3. The largest absolute Gasteiger partial charge is 0.618 e. The molecule has 2 aromatic rings. The number of rotatable bonds is 1. The summed E-state index contributed by atoms with van der Waals surface area (Å²) in [7, 11) is 0. The third-order valence-corrected chi connectivity index (χ3v) is 3.57. The quantitative estimate of drug-likeness (QED) is 0.600. The Morgan fingerprint density at radius 1 is 1.36 bits per heavy atom. The third-order valence-electron chi connectivity index (χ3n) is 3.25. The molecular weight excluding hydrogens is 302 g/mol. The zero-order chi connectivity index (χ0) is 15.9. The van der Waals surface area contributed by atoms with Gasteiger partial charge in [-0.15, -0.1) is 0 Å². The van der Waals surface area contributed by atoms with Crippen LogP contribution in [0.2, 0.25) is 5.02 Å². The van der Waals surface area contributed by atoms with Gasteiger partial charge in [-0.3, -0.25) is 0 Å². The van der Waals surface area contributed by atoms with Crippen LogP contribution < -0.4 is 9.47 Å². The average Bonchev–Trinajstić information content (AvgIpc) is 2.45. The van der Waals surface area contributed by atoms with Crippen LogP contribution in [0.4, 0.5) is 0 Å². The van der Waals surface area contributed by atoms with E-state index in [4.69, 9.17) is 21.6 Å². The first-order valence-electron chi connectivity index (χ1n) is 6.63. The smallest absolute Gasteiger partial charge is 0.242 e. The van der Waals surface area contributed by atoms with Crippen molar-refractivity contribution >= 4 is 17.3 Å². The van der Waals surface area contributed by atoms with Gasteiger partial charge in [0.1, 0.15) is 17.5 Å².